The minimum absolute atomic E-state index is 0.0752. The number of imide groups is 1. The highest BCUT2D eigenvalue weighted by Gasteiger charge is 2.53. The maximum absolute atomic E-state index is 13.0. The average Bonchev–Trinajstić information content (AvgIpc) is 2.80. The monoisotopic (exact) mass is 358 g/mol. The first-order valence-corrected chi connectivity index (χ1v) is 9.80. The summed E-state index contributed by atoms with van der Waals surface area (Å²) in [5.41, 5.74) is 0.584. The molecular weight excluding hydrogens is 336 g/mol. The van der Waals surface area contributed by atoms with E-state index in [1.54, 1.807) is 12.1 Å². The van der Waals surface area contributed by atoms with Gasteiger partial charge in [-0.1, -0.05) is 23.7 Å². The molecule has 1 aromatic carbocycles. The molecule has 0 radical (unpaired) electrons. The normalized spacial score (nSPS) is 39.5. The van der Waals surface area contributed by atoms with E-state index < -0.39 is 6.04 Å². The molecule has 1 atom stereocenters. The number of amides is 2. The molecule has 5 aliphatic rings. The van der Waals surface area contributed by atoms with Crippen LogP contribution in [0.25, 0.3) is 0 Å². The zero-order valence-electron chi connectivity index (χ0n) is 14.2. The maximum atomic E-state index is 13.0. The first kappa shape index (κ1) is 15.8. The molecule has 4 nitrogen and oxygen atoms in total. The number of halogens is 1. The highest BCUT2D eigenvalue weighted by molar-refractivity contribution is 6.36. The number of carbonyl (C=O) groups is 2. The molecule has 4 aliphatic carbocycles. The second-order valence-electron chi connectivity index (χ2n) is 8.62. The number of rotatable bonds is 3. The Morgan fingerprint density at radius 2 is 1.60 bits per heavy atom. The number of hydrogen-bond acceptors (Lipinski definition) is 3. The van der Waals surface area contributed by atoms with E-state index >= 15 is 0 Å². The first-order chi connectivity index (χ1) is 12.0. The van der Waals surface area contributed by atoms with Gasteiger partial charge in [0.2, 0.25) is 5.91 Å². The number of carbonyl (C=O) groups excluding carboxylic acids is 2. The van der Waals surface area contributed by atoms with Crippen molar-refractivity contribution in [1.82, 2.24) is 5.32 Å². The quantitative estimate of drug-likeness (QED) is 0.841. The summed E-state index contributed by atoms with van der Waals surface area (Å²) in [7, 11) is 0. The molecule has 1 aromatic rings. The van der Waals surface area contributed by atoms with Crippen LogP contribution in [0, 0.1) is 17.8 Å². The number of nitrogens with zero attached hydrogens (tertiary/aromatic N) is 1. The van der Waals surface area contributed by atoms with E-state index in [9.17, 15) is 9.59 Å². The zero-order chi connectivity index (χ0) is 17.2. The summed E-state index contributed by atoms with van der Waals surface area (Å²) >= 11 is 6.22. The summed E-state index contributed by atoms with van der Waals surface area (Å²) in [4.78, 5) is 26.8. The molecule has 1 saturated heterocycles. The van der Waals surface area contributed by atoms with Gasteiger partial charge in [0, 0.05) is 5.54 Å². The second-order valence-corrected chi connectivity index (χ2v) is 9.02. The summed E-state index contributed by atoms with van der Waals surface area (Å²) in [5.74, 6) is 2.14. The molecule has 1 unspecified atom stereocenters. The standard InChI is InChI=1S/C20H23ClN2O2/c21-15-3-1-2-4-17(15)23-18(24)8-16(19(23)25)22-20-9-12-5-13(10-20)7-14(6-12)11-20/h1-4,12-14,16,22H,5-11H2. The SMILES string of the molecule is O=C1CC(NC23CC4CC(CC(C4)C2)C3)C(=O)N1c1ccccc1Cl. The molecule has 4 bridgehead atoms. The number of anilines is 1. The van der Waals surface area contributed by atoms with E-state index in [1.807, 2.05) is 12.1 Å². The molecule has 1 N–H and O–H groups in total. The summed E-state index contributed by atoms with van der Waals surface area (Å²) in [5, 5.41) is 4.11. The van der Waals surface area contributed by atoms with E-state index in [0.717, 1.165) is 17.8 Å². The highest BCUT2D eigenvalue weighted by atomic mass is 35.5. The molecule has 132 valence electrons. The molecule has 0 spiro atoms. The van der Waals surface area contributed by atoms with Gasteiger partial charge in [0.25, 0.3) is 5.91 Å². The molecular formula is C20H23ClN2O2. The maximum Gasteiger partial charge on any atom is 0.251 e. The summed E-state index contributed by atoms with van der Waals surface area (Å²) < 4.78 is 0. The second kappa shape index (κ2) is 5.55. The predicted octanol–water partition coefficient (Wildman–Crippen LogP) is 3.53. The molecule has 1 aliphatic heterocycles. The molecule has 0 aromatic heterocycles. The summed E-state index contributed by atoms with van der Waals surface area (Å²) in [6.45, 7) is 0. The Hall–Kier alpha value is -1.39. The Morgan fingerprint density at radius 3 is 2.20 bits per heavy atom. The van der Waals surface area contributed by atoms with Crippen molar-refractivity contribution in [3.63, 3.8) is 0 Å². The van der Waals surface area contributed by atoms with Crippen LogP contribution in [0.15, 0.2) is 24.3 Å². The van der Waals surface area contributed by atoms with E-state index in [-0.39, 0.29) is 23.8 Å². The van der Waals surface area contributed by atoms with Crippen LogP contribution in [-0.2, 0) is 9.59 Å². The van der Waals surface area contributed by atoms with E-state index in [4.69, 9.17) is 11.6 Å². The topological polar surface area (TPSA) is 49.4 Å². The number of hydrogen-bond donors (Lipinski definition) is 1. The van der Waals surface area contributed by atoms with E-state index in [0.29, 0.717) is 10.7 Å². The van der Waals surface area contributed by atoms with Crippen LogP contribution in [0.4, 0.5) is 5.69 Å². The molecule has 5 fully saturated rings. The van der Waals surface area contributed by atoms with Gasteiger partial charge in [0.05, 0.1) is 23.2 Å². The first-order valence-electron chi connectivity index (χ1n) is 9.42. The molecule has 25 heavy (non-hydrogen) atoms. The lowest BCUT2D eigenvalue weighted by Gasteiger charge is -2.57. The van der Waals surface area contributed by atoms with E-state index in [1.165, 1.54) is 43.4 Å². The fourth-order valence-electron chi connectivity index (χ4n) is 6.29. The Labute approximate surface area is 152 Å². The van der Waals surface area contributed by atoms with E-state index in [2.05, 4.69) is 5.32 Å². The molecule has 1 heterocycles. The van der Waals surface area contributed by atoms with Crippen molar-refractivity contribution in [2.24, 2.45) is 17.8 Å². The van der Waals surface area contributed by atoms with Crippen molar-refractivity contribution in [1.29, 1.82) is 0 Å². The zero-order valence-corrected chi connectivity index (χ0v) is 15.0. The van der Waals surface area contributed by atoms with Gasteiger partial charge in [-0.25, -0.2) is 4.90 Å². The van der Waals surface area contributed by atoms with Gasteiger partial charge in [-0.05, 0) is 68.4 Å². The van der Waals surface area contributed by atoms with Crippen molar-refractivity contribution in [2.45, 2.75) is 56.5 Å². The minimum Gasteiger partial charge on any atom is -0.300 e. The predicted molar refractivity (Wildman–Crippen MR) is 96.4 cm³/mol. The third-order valence-electron chi connectivity index (χ3n) is 6.76. The van der Waals surface area contributed by atoms with Gasteiger partial charge in [-0.3, -0.25) is 14.9 Å². The third-order valence-corrected chi connectivity index (χ3v) is 7.08. The van der Waals surface area contributed by atoms with Gasteiger partial charge in [0.1, 0.15) is 0 Å². The highest BCUT2D eigenvalue weighted by Crippen LogP contribution is 2.56. The number of benzene rings is 1. The fourth-order valence-corrected chi connectivity index (χ4v) is 6.51. The van der Waals surface area contributed by atoms with Crippen LogP contribution in [0.1, 0.15) is 44.9 Å². The van der Waals surface area contributed by atoms with Gasteiger partial charge >= 0.3 is 0 Å². The Bertz CT molecular complexity index is 712. The molecule has 2 amide bonds. The molecule has 5 heteroatoms. The van der Waals surface area contributed by atoms with Crippen molar-refractivity contribution >= 4 is 29.1 Å². The van der Waals surface area contributed by atoms with Crippen molar-refractivity contribution in [3.8, 4) is 0 Å². The summed E-state index contributed by atoms with van der Waals surface area (Å²) in [6, 6.07) is 6.67. The van der Waals surface area contributed by atoms with Crippen LogP contribution in [0.3, 0.4) is 0 Å². The van der Waals surface area contributed by atoms with Crippen molar-refractivity contribution in [2.75, 3.05) is 4.90 Å². The van der Waals surface area contributed by atoms with Crippen LogP contribution >= 0.6 is 11.6 Å². The minimum atomic E-state index is -0.403. The summed E-state index contributed by atoms with van der Waals surface area (Å²) in [6.07, 6.45) is 7.85. The Balaban J connectivity index is 1.38. The van der Waals surface area contributed by atoms with Crippen LogP contribution in [0.2, 0.25) is 5.02 Å². The van der Waals surface area contributed by atoms with Crippen LogP contribution in [-0.4, -0.2) is 23.4 Å². The van der Waals surface area contributed by atoms with Gasteiger partial charge < -0.3 is 0 Å². The lowest BCUT2D eigenvalue weighted by Crippen LogP contribution is -2.61. The smallest absolute Gasteiger partial charge is 0.251 e. The fraction of sp³-hybridized carbons (Fsp3) is 0.600. The van der Waals surface area contributed by atoms with Crippen molar-refractivity contribution in [3.05, 3.63) is 29.3 Å². The Kier molecular flexibility index (Phi) is 3.52. The molecule has 6 rings (SSSR count). The van der Waals surface area contributed by atoms with Gasteiger partial charge in [0.15, 0.2) is 0 Å². The van der Waals surface area contributed by atoms with Crippen LogP contribution in [0.5, 0.6) is 0 Å². The number of para-hydroxylation sites is 1. The Morgan fingerprint density at radius 1 is 1.00 bits per heavy atom. The van der Waals surface area contributed by atoms with Gasteiger partial charge in [-0.15, -0.1) is 0 Å². The largest absolute Gasteiger partial charge is 0.300 e. The lowest BCUT2D eigenvalue weighted by molar-refractivity contribution is -0.122. The third kappa shape index (κ3) is 2.53. The van der Waals surface area contributed by atoms with Gasteiger partial charge in [-0.2, -0.15) is 0 Å². The van der Waals surface area contributed by atoms with Crippen molar-refractivity contribution < 1.29 is 9.59 Å². The lowest BCUT2D eigenvalue weighted by atomic mass is 9.53. The molecule has 4 saturated carbocycles. The van der Waals surface area contributed by atoms with Crippen LogP contribution < -0.4 is 10.2 Å². The average molecular weight is 359 g/mol. The number of nitrogens with one attached hydrogen (secondary N) is 1.